The molecule has 0 bridgehead atoms. The molecule has 0 spiro atoms. The van der Waals surface area contributed by atoms with Crippen LogP contribution in [0.15, 0.2) is 59.1 Å². The van der Waals surface area contributed by atoms with Crippen LogP contribution in [-0.4, -0.2) is 35.5 Å². The third-order valence-electron chi connectivity index (χ3n) is 4.17. The number of thiazole rings is 1. The number of hydrogen-bond donors (Lipinski definition) is 2. The molecule has 7 nitrogen and oxygen atoms in total. The summed E-state index contributed by atoms with van der Waals surface area (Å²) in [6.07, 6.45) is 4.77. The van der Waals surface area contributed by atoms with E-state index in [2.05, 4.69) is 20.3 Å². The van der Waals surface area contributed by atoms with E-state index in [0.717, 1.165) is 28.5 Å². The van der Waals surface area contributed by atoms with Crippen LogP contribution in [-0.2, 0) is 21.1 Å². The number of rotatable bonds is 5. The smallest absolute Gasteiger partial charge is 0.230 e. The molecule has 0 aliphatic heterocycles. The minimum atomic E-state index is -3.31. The van der Waals surface area contributed by atoms with Crippen molar-refractivity contribution in [2.24, 2.45) is 0 Å². The van der Waals surface area contributed by atoms with E-state index in [1.807, 2.05) is 23.7 Å². The number of amides is 1. The summed E-state index contributed by atoms with van der Waals surface area (Å²) < 4.78 is 23.3. The third kappa shape index (κ3) is 3.80. The molecule has 3 aromatic heterocycles. The van der Waals surface area contributed by atoms with Crippen molar-refractivity contribution in [2.75, 3.05) is 11.6 Å². The maximum Gasteiger partial charge on any atom is 0.230 e. The summed E-state index contributed by atoms with van der Waals surface area (Å²) in [5, 5.41) is 6.09. The van der Waals surface area contributed by atoms with Gasteiger partial charge in [0.05, 0.1) is 17.0 Å². The number of aromatic amines is 1. The average Bonchev–Trinajstić information content (AvgIpc) is 3.27. The number of H-pyrrole nitrogens is 1. The summed E-state index contributed by atoms with van der Waals surface area (Å²) in [5.41, 5.74) is 3.07. The standard InChI is InChI=1S/C19H16N4O3S2/c1-28(25,26)13-5-2-4-12(8-13)9-17(24)23-19-22-16(11-27-19)15-10-21-18-14(15)6-3-7-20-18/h2-8,10-11H,9H2,1H3,(H,20,21)(H,22,23,24). The first-order valence-corrected chi connectivity index (χ1v) is 11.1. The van der Waals surface area contributed by atoms with Gasteiger partial charge < -0.3 is 10.3 Å². The largest absolute Gasteiger partial charge is 0.345 e. The lowest BCUT2D eigenvalue weighted by Crippen LogP contribution is -2.14. The molecule has 0 aliphatic carbocycles. The zero-order chi connectivity index (χ0) is 19.7. The molecule has 1 amide bonds. The molecule has 28 heavy (non-hydrogen) atoms. The minimum Gasteiger partial charge on any atom is -0.345 e. The summed E-state index contributed by atoms with van der Waals surface area (Å²) in [7, 11) is -3.31. The number of carbonyl (C=O) groups excluding carboxylic acids is 1. The molecule has 2 N–H and O–H groups in total. The second kappa shape index (κ2) is 7.17. The molecule has 0 aliphatic rings. The molecule has 3 heterocycles. The van der Waals surface area contributed by atoms with Gasteiger partial charge in [0.25, 0.3) is 0 Å². The predicted octanol–water partition coefficient (Wildman–Crippen LogP) is 3.27. The van der Waals surface area contributed by atoms with Crippen LogP contribution in [0, 0.1) is 0 Å². The summed E-state index contributed by atoms with van der Waals surface area (Å²) >= 11 is 1.33. The number of pyridine rings is 1. The molecule has 9 heteroatoms. The Bertz CT molecular complexity index is 1280. The molecule has 142 valence electrons. The zero-order valence-corrected chi connectivity index (χ0v) is 16.5. The maximum absolute atomic E-state index is 12.3. The van der Waals surface area contributed by atoms with E-state index >= 15 is 0 Å². The van der Waals surface area contributed by atoms with Gasteiger partial charge in [-0.1, -0.05) is 12.1 Å². The van der Waals surface area contributed by atoms with Crippen LogP contribution in [0.2, 0.25) is 0 Å². The Labute approximate surface area is 165 Å². The van der Waals surface area contributed by atoms with Gasteiger partial charge in [-0.15, -0.1) is 11.3 Å². The Balaban J connectivity index is 1.49. The van der Waals surface area contributed by atoms with Crippen LogP contribution in [0.25, 0.3) is 22.3 Å². The third-order valence-corrected chi connectivity index (χ3v) is 6.04. The first-order chi connectivity index (χ1) is 13.4. The monoisotopic (exact) mass is 412 g/mol. The number of anilines is 1. The van der Waals surface area contributed by atoms with Gasteiger partial charge in [0.2, 0.25) is 5.91 Å². The molecule has 0 unspecified atom stereocenters. The zero-order valence-electron chi connectivity index (χ0n) is 14.8. The van der Waals surface area contributed by atoms with Crippen LogP contribution >= 0.6 is 11.3 Å². The van der Waals surface area contributed by atoms with Gasteiger partial charge in [0.15, 0.2) is 15.0 Å². The number of nitrogens with one attached hydrogen (secondary N) is 2. The molecule has 4 aromatic rings. The maximum atomic E-state index is 12.3. The second-order valence-corrected chi connectivity index (χ2v) is 9.16. The van der Waals surface area contributed by atoms with Crippen molar-refractivity contribution >= 4 is 43.2 Å². The molecular weight excluding hydrogens is 396 g/mol. The molecule has 1 aromatic carbocycles. The Kier molecular flexibility index (Phi) is 4.70. The van der Waals surface area contributed by atoms with E-state index in [4.69, 9.17) is 0 Å². The SMILES string of the molecule is CS(=O)(=O)c1cccc(CC(=O)Nc2nc(-c3c[nH]c4ncccc34)cs2)c1. The highest BCUT2D eigenvalue weighted by Gasteiger charge is 2.13. The van der Waals surface area contributed by atoms with E-state index in [-0.39, 0.29) is 17.2 Å². The Morgan fingerprint density at radius 2 is 2.11 bits per heavy atom. The number of fused-ring (bicyclic) bond motifs is 1. The fraction of sp³-hybridized carbons (Fsp3) is 0.105. The molecule has 4 rings (SSSR count). The van der Waals surface area contributed by atoms with Gasteiger partial charge in [-0.2, -0.15) is 0 Å². The summed E-state index contributed by atoms with van der Waals surface area (Å²) in [4.78, 5) is 24.4. The van der Waals surface area contributed by atoms with Crippen molar-refractivity contribution in [3.05, 3.63) is 59.7 Å². The first kappa shape index (κ1) is 18.3. The summed E-state index contributed by atoms with van der Waals surface area (Å²) in [6.45, 7) is 0. The van der Waals surface area contributed by atoms with Gasteiger partial charge in [-0.3, -0.25) is 4.79 Å². The van der Waals surface area contributed by atoms with Gasteiger partial charge in [-0.05, 0) is 29.8 Å². The molecule has 0 radical (unpaired) electrons. The van der Waals surface area contributed by atoms with Gasteiger partial charge >= 0.3 is 0 Å². The van der Waals surface area contributed by atoms with Gasteiger partial charge in [0.1, 0.15) is 5.65 Å². The fourth-order valence-electron chi connectivity index (χ4n) is 2.86. The summed E-state index contributed by atoms with van der Waals surface area (Å²) in [5.74, 6) is -0.257. The van der Waals surface area contributed by atoms with E-state index < -0.39 is 9.84 Å². The number of aromatic nitrogens is 3. The van der Waals surface area contributed by atoms with Crippen molar-refractivity contribution in [1.29, 1.82) is 0 Å². The van der Waals surface area contributed by atoms with E-state index in [1.54, 1.807) is 18.3 Å². The van der Waals surface area contributed by atoms with Crippen LogP contribution in [0.4, 0.5) is 5.13 Å². The quantitative estimate of drug-likeness (QED) is 0.523. The van der Waals surface area contributed by atoms with Crippen molar-refractivity contribution in [3.8, 4) is 11.3 Å². The van der Waals surface area contributed by atoms with Gasteiger partial charge in [0, 0.05) is 35.0 Å². The van der Waals surface area contributed by atoms with E-state index in [1.165, 1.54) is 23.5 Å². The fourth-order valence-corrected chi connectivity index (χ4v) is 4.28. The van der Waals surface area contributed by atoms with Crippen molar-refractivity contribution in [2.45, 2.75) is 11.3 Å². The van der Waals surface area contributed by atoms with Gasteiger partial charge in [-0.25, -0.2) is 18.4 Å². The lowest BCUT2D eigenvalue weighted by Gasteiger charge is -2.04. The summed E-state index contributed by atoms with van der Waals surface area (Å²) in [6, 6.07) is 10.2. The highest BCUT2D eigenvalue weighted by molar-refractivity contribution is 7.90. The Hall–Kier alpha value is -3.04. The number of benzene rings is 1. The van der Waals surface area contributed by atoms with E-state index in [9.17, 15) is 13.2 Å². The molecule has 0 atom stereocenters. The van der Waals surface area contributed by atoms with Crippen LogP contribution < -0.4 is 5.32 Å². The van der Waals surface area contributed by atoms with Crippen molar-refractivity contribution < 1.29 is 13.2 Å². The average molecular weight is 412 g/mol. The first-order valence-electron chi connectivity index (χ1n) is 8.37. The van der Waals surface area contributed by atoms with E-state index in [0.29, 0.717) is 10.7 Å². The molecule has 0 saturated carbocycles. The minimum absolute atomic E-state index is 0.0648. The lowest BCUT2D eigenvalue weighted by atomic mass is 10.1. The predicted molar refractivity (Wildman–Crippen MR) is 109 cm³/mol. The van der Waals surface area contributed by atoms with Crippen molar-refractivity contribution in [3.63, 3.8) is 0 Å². The van der Waals surface area contributed by atoms with Crippen LogP contribution in [0.1, 0.15) is 5.56 Å². The molecule has 0 fully saturated rings. The Morgan fingerprint density at radius 1 is 1.25 bits per heavy atom. The second-order valence-electron chi connectivity index (χ2n) is 6.28. The number of hydrogen-bond acceptors (Lipinski definition) is 6. The molecule has 0 saturated heterocycles. The Morgan fingerprint density at radius 3 is 2.93 bits per heavy atom. The lowest BCUT2D eigenvalue weighted by molar-refractivity contribution is -0.115. The highest BCUT2D eigenvalue weighted by atomic mass is 32.2. The normalized spacial score (nSPS) is 11.6. The number of carbonyl (C=O) groups is 1. The number of sulfone groups is 1. The number of nitrogens with zero attached hydrogens (tertiary/aromatic N) is 2. The highest BCUT2D eigenvalue weighted by Crippen LogP contribution is 2.30. The molecular formula is C19H16N4O3S2. The topological polar surface area (TPSA) is 105 Å². The van der Waals surface area contributed by atoms with Crippen molar-refractivity contribution in [1.82, 2.24) is 15.0 Å². The van der Waals surface area contributed by atoms with Crippen LogP contribution in [0.3, 0.4) is 0 Å². The van der Waals surface area contributed by atoms with Crippen LogP contribution in [0.5, 0.6) is 0 Å².